The van der Waals surface area contributed by atoms with Gasteiger partial charge in [0, 0.05) is 19.8 Å². The van der Waals surface area contributed by atoms with Gasteiger partial charge in [0.2, 0.25) is 0 Å². The number of nitrogens with one attached hydrogen (secondary N) is 1. The number of benzene rings is 1. The minimum absolute atomic E-state index is 0.263. The van der Waals surface area contributed by atoms with Crippen molar-refractivity contribution in [1.82, 2.24) is 5.32 Å². The van der Waals surface area contributed by atoms with Gasteiger partial charge in [0.1, 0.15) is 5.56 Å². The third-order valence-corrected chi connectivity index (χ3v) is 3.99. The van der Waals surface area contributed by atoms with Gasteiger partial charge >= 0.3 is 0 Å². The van der Waals surface area contributed by atoms with E-state index in [2.05, 4.69) is 5.32 Å². The second kappa shape index (κ2) is 7.16. The Hall–Kier alpha value is -0.970. The van der Waals surface area contributed by atoms with Crippen LogP contribution in [0.25, 0.3) is 0 Å². The Morgan fingerprint density at radius 3 is 2.65 bits per heavy atom. The van der Waals surface area contributed by atoms with Crippen LogP contribution in [-0.4, -0.2) is 32.8 Å². The van der Waals surface area contributed by atoms with Crippen LogP contribution >= 0.6 is 23.2 Å². The Labute approximate surface area is 128 Å². The molecule has 1 aromatic carbocycles. The zero-order valence-corrected chi connectivity index (χ0v) is 12.8. The molecule has 6 heteroatoms. The molecule has 4 nitrogen and oxygen atoms in total. The molecule has 1 N–H and O–H groups in total. The SMILES string of the molecule is COc1c(Cl)ccc(Cl)c1C(=O)NCC1CCOCC1. The summed E-state index contributed by atoms with van der Waals surface area (Å²) < 4.78 is 10.5. The van der Waals surface area contributed by atoms with Crippen LogP contribution in [0.4, 0.5) is 0 Å². The van der Waals surface area contributed by atoms with E-state index < -0.39 is 0 Å². The minimum atomic E-state index is -0.263. The van der Waals surface area contributed by atoms with Crippen molar-refractivity contribution in [2.45, 2.75) is 12.8 Å². The number of amides is 1. The summed E-state index contributed by atoms with van der Waals surface area (Å²) in [5.41, 5.74) is 0.286. The fourth-order valence-corrected chi connectivity index (χ4v) is 2.69. The summed E-state index contributed by atoms with van der Waals surface area (Å²) in [4.78, 5) is 12.3. The van der Waals surface area contributed by atoms with E-state index in [1.807, 2.05) is 0 Å². The maximum atomic E-state index is 12.3. The molecule has 0 aliphatic carbocycles. The number of ether oxygens (including phenoxy) is 2. The van der Waals surface area contributed by atoms with Crippen molar-refractivity contribution in [3.05, 3.63) is 27.7 Å². The fourth-order valence-electron chi connectivity index (χ4n) is 2.22. The van der Waals surface area contributed by atoms with E-state index in [1.54, 1.807) is 12.1 Å². The van der Waals surface area contributed by atoms with E-state index >= 15 is 0 Å². The van der Waals surface area contributed by atoms with Gasteiger partial charge in [0.25, 0.3) is 5.91 Å². The van der Waals surface area contributed by atoms with Crippen molar-refractivity contribution in [3.63, 3.8) is 0 Å². The summed E-state index contributed by atoms with van der Waals surface area (Å²) in [7, 11) is 1.47. The van der Waals surface area contributed by atoms with Crippen LogP contribution in [0.1, 0.15) is 23.2 Å². The number of carbonyl (C=O) groups is 1. The number of hydrogen-bond donors (Lipinski definition) is 1. The van der Waals surface area contributed by atoms with Crippen molar-refractivity contribution in [1.29, 1.82) is 0 Å². The molecule has 1 amide bonds. The van der Waals surface area contributed by atoms with Gasteiger partial charge in [0.05, 0.1) is 17.2 Å². The summed E-state index contributed by atoms with van der Waals surface area (Å²) in [6.07, 6.45) is 1.92. The molecular weight excluding hydrogens is 301 g/mol. The fraction of sp³-hybridized carbons (Fsp3) is 0.500. The van der Waals surface area contributed by atoms with Gasteiger partial charge in [-0.25, -0.2) is 0 Å². The van der Waals surface area contributed by atoms with Gasteiger partial charge in [-0.15, -0.1) is 0 Å². The second-order valence-corrected chi connectivity index (χ2v) is 5.52. The van der Waals surface area contributed by atoms with Crippen LogP contribution in [0, 0.1) is 5.92 Å². The molecule has 1 saturated heterocycles. The molecule has 0 spiro atoms. The summed E-state index contributed by atoms with van der Waals surface area (Å²) >= 11 is 12.1. The lowest BCUT2D eigenvalue weighted by molar-refractivity contribution is 0.0642. The summed E-state index contributed by atoms with van der Waals surface area (Å²) in [6, 6.07) is 3.20. The third-order valence-electron chi connectivity index (χ3n) is 3.38. The molecule has 0 radical (unpaired) electrons. The molecular formula is C14H17Cl2NO3. The summed E-state index contributed by atoms with van der Waals surface area (Å²) in [5.74, 6) is 0.487. The van der Waals surface area contributed by atoms with Crippen molar-refractivity contribution in [2.75, 3.05) is 26.9 Å². The number of halogens is 2. The molecule has 0 atom stereocenters. The maximum absolute atomic E-state index is 12.3. The Bertz CT molecular complexity index is 488. The first-order valence-corrected chi connectivity index (χ1v) is 7.27. The zero-order valence-electron chi connectivity index (χ0n) is 11.2. The Kier molecular flexibility index (Phi) is 5.52. The molecule has 20 heavy (non-hydrogen) atoms. The minimum Gasteiger partial charge on any atom is -0.494 e. The van der Waals surface area contributed by atoms with Gasteiger partial charge in [-0.3, -0.25) is 4.79 Å². The van der Waals surface area contributed by atoms with E-state index in [4.69, 9.17) is 32.7 Å². The molecule has 0 aromatic heterocycles. The van der Waals surface area contributed by atoms with Gasteiger partial charge in [0.15, 0.2) is 5.75 Å². The van der Waals surface area contributed by atoms with Crippen LogP contribution in [0.15, 0.2) is 12.1 Å². The normalized spacial score (nSPS) is 15.9. The molecule has 1 heterocycles. The Morgan fingerprint density at radius 1 is 1.35 bits per heavy atom. The van der Waals surface area contributed by atoms with Crippen molar-refractivity contribution >= 4 is 29.1 Å². The van der Waals surface area contributed by atoms with E-state index in [-0.39, 0.29) is 11.5 Å². The van der Waals surface area contributed by atoms with Crippen molar-refractivity contribution in [2.24, 2.45) is 5.92 Å². The number of methoxy groups -OCH3 is 1. The predicted octanol–water partition coefficient (Wildman–Crippen LogP) is 3.16. The van der Waals surface area contributed by atoms with Crippen LogP contribution < -0.4 is 10.1 Å². The molecule has 0 unspecified atom stereocenters. The van der Waals surface area contributed by atoms with Gasteiger partial charge in [-0.2, -0.15) is 0 Å². The van der Waals surface area contributed by atoms with Gasteiger partial charge in [-0.05, 0) is 30.9 Å². The lowest BCUT2D eigenvalue weighted by atomic mass is 10.0. The van der Waals surface area contributed by atoms with E-state index in [0.717, 1.165) is 26.1 Å². The number of hydrogen-bond acceptors (Lipinski definition) is 3. The van der Waals surface area contributed by atoms with Gasteiger partial charge in [-0.1, -0.05) is 23.2 Å². The largest absolute Gasteiger partial charge is 0.494 e. The molecule has 110 valence electrons. The standard InChI is InChI=1S/C14H17Cl2NO3/c1-19-13-11(16)3-2-10(15)12(13)14(18)17-8-9-4-6-20-7-5-9/h2-3,9H,4-8H2,1H3,(H,17,18). The number of carbonyl (C=O) groups excluding carboxylic acids is 1. The van der Waals surface area contributed by atoms with Crippen molar-refractivity contribution in [3.8, 4) is 5.75 Å². The summed E-state index contributed by atoms with van der Waals surface area (Å²) in [5, 5.41) is 3.59. The van der Waals surface area contributed by atoms with Gasteiger partial charge < -0.3 is 14.8 Å². The maximum Gasteiger partial charge on any atom is 0.256 e. The van der Waals surface area contributed by atoms with Crippen LogP contribution in [0.3, 0.4) is 0 Å². The highest BCUT2D eigenvalue weighted by Gasteiger charge is 2.21. The highest BCUT2D eigenvalue weighted by Crippen LogP contribution is 2.33. The lowest BCUT2D eigenvalue weighted by Crippen LogP contribution is -2.32. The Balaban J connectivity index is 2.06. The summed E-state index contributed by atoms with van der Waals surface area (Å²) in [6.45, 7) is 2.11. The average molecular weight is 318 g/mol. The second-order valence-electron chi connectivity index (χ2n) is 4.70. The van der Waals surface area contributed by atoms with Crippen LogP contribution in [0.5, 0.6) is 5.75 Å². The first-order chi connectivity index (χ1) is 9.63. The lowest BCUT2D eigenvalue weighted by Gasteiger charge is -2.22. The predicted molar refractivity (Wildman–Crippen MR) is 78.9 cm³/mol. The molecule has 1 aromatic rings. The quantitative estimate of drug-likeness (QED) is 0.928. The molecule has 1 aliphatic rings. The smallest absolute Gasteiger partial charge is 0.256 e. The third kappa shape index (κ3) is 3.57. The first-order valence-electron chi connectivity index (χ1n) is 6.51. The molecule has 1 fully saturated rings. The monoisotopic (exact) mass is 317 g/mol. The van der Waals surface area contributed by atoms with E-state index in [9.17, 15) is 4.79 Å². The molecule has 2 rings (SSSR count). The average Bonchev–Trinajstić information content (AvgIpc) is 2.48. The first kappa shape index (κ1) is 15.4. The van der Waals surface area contributed by atoms with E-state index in [0.29, 0.717) is 28.3 Å². The molecule has 0 bridgehead atoms. The van der Waals surface area contributed by atoms with Crippen LogP contribution in [-0.2, 0) is 4.74 Å². The number of rotatable bonds is 4. The van der Waals surface area contributed by atoms with Crippen molar-refractivity contribution < 1.29 is 14.3 Å². The van der Waals surface area contributed by atoms with E-state index in [1.165, 1.54) is 7.11 Å². The molecule has 0 saturated carbocycles. The topological polar surface area (TPSA) is 47.6 Å². The van der Waals surface area contributed by atoms with Crippen LogP contribution in [0.2, 0.25) is 10.0 Å². The molecule has 1 aliphatic heterocycles. The zero-order chi connectivity index (χ0) is 14.5. The highest BCUT2D eigenvalue weighted by atomic mass is 35.5. The Morgan fingerprint density at radius 2 is 2.00 bits per heavy atom. The highest BCUT2D eigenvalue weighted by molar-refractivity contribution is 6.37.